The molecule has 0 heterocycles. The van der Waals surface area contributed by atoms with Crippen molar-refractivity contribution in [2.24, 2.45) is 11.7 Å². The molecule has 0 radical (unpaired) electrons. The van der Waals surface area contributed by atoms with Crippen LogP contribution in [0, 0.1) is 11.7 Å². The monoisotopic (exact) mass is 280 g/mol. The SMILES string of the molecule is COc1cccc(F)c1C(=O)NCC1CCCCC1N. The van der Waals surface area contributed by atoms with Crippen LogP contribution in [0.5, 0.6) is 5.75 Å². The molecule has 0 saturated heterocycles. The Balaban J connectivity index is 2.01. The van der Waals surface area contributed by atoms with Crippen molar-refractivity contribution in [1.29, 1.82) is 0 Å². The number of benzene rings is 1. The first-order valence-corrected chi connectivity index (χ1v) is 6.99. The lowest BCUT2D eigenvalue weighted by Crippen LogP contribution is -2.41. The van der Waals surface area contributed by atoms with E-state index in [0.717, 1.165) is 25.7 Å². The first-order chi connectivity index (χ1) is 9.63. The number of carbonyl (C=O) groups is 1. The lowest BCUT2D eigenvalue weighted by atomic mass is 9.85. The molecule has 3 N–H and O–H groups in total. The Bertz CT molecular complexity index is 479. The molecule has 0 bridgehead atoms. The fraction of sp³-hybridized carbons (Fsp3) is 0.533. The van der Waals surface area contributed by atoms with Gasteiger partial charge in [-0.2, -0.15) is 0 Å². The molecule has 1 amide bonds. The van der Waals surface area contributed by atoms with E-state index in [0.29, 0.717) is 6.54 Å². The van der Waals surface area contributed by atoms with Crippen molar-refractivity contribution in [3.8, 4) is 5.75 Å². The van der Waals surface area contributed by atoms with Gasteiger partial charge in [0.15, 0.2) is 0 Å². The molecule has 2 unspecified atom stereocenters. The van der Waals surface area contributed by atoms with Crippen LogP contribution in [0.15, 0.2) is 18.2 Å². The fourth-order valence-corrected chi connectivity index (χ4v) is 2.70. The Morgan fingerprint density at radius 2 is 2.20 bits per heavy atom. The summed E-state index contributed by atoms with van der Waals surface area (Å²) in [4.78, 5) is 12.1. The van der Waals surface area contributed by atoms with Crippen LogP contribution in [0.2, 0.25) is 0 Å². The summed E-state index contributed by atoms with van der Waals surface area (Å²) in [5.74, 6) is -0.506. The maximum atomic E-state index is 13.8. The third-order valence-electron chi connectivity index (χ3n) is 3.92. The van der Waals surface area contributed by atoms with E-state index in [1.54, 1.807) is 6.07 Å². The molecule has 1 aliphatic carbocycles. The molecule has 0 spiro atoms. The van der Waals surface area contributed by atoms with Crippen molar-refractivity contribution in [1.82, 2.24) is 5.32 Å². The number of nitrogens with two attached hydrogens (primary N) is 1. The van der Waals surface area contributed by atoms with Crippen molar-refractivity contribution in [3.63, 3.8) is 0 Å². The first-order valence-electron chi connectivity index (χ1n) is 6.99. The normalized spacial score (nSPS) is 22.4. The molecular weight excluding hydrogens is 259 g/mol. The van der Waals surface area contributed by atoms with Crippen molar-refractivity contribution >= 4 is 5.91 Å². The van der Waals surface area contributed by atoms with Crippen LogP contribution in [-0.4, -0.2) is 25.6 Å². The van der Waals surface area contributed by atoms with Crippen molar-refractivity contribution < 1.29 is 13.9 Å². The molecular formula is C15H21FN2O2. The van der Waals surface area contributed by atoms with Gasteiger partial charge in [0.05, 0.1) is 7.11 Å². The van der Waals surface area contributed by atoms with Crippen molar-refractivity contribution in [2.45, 2.75) is 31.7 Å². The van der Waals surface area contributed by atoms with E-state index in [4.69, 9.17) is 10.5 Å². The summed E-state index contributed by atoms with van der Waals surface area (Å²) in [5.41, 5.74) is 6.00. The second-order valence-electron chi connectivity index (χ2n) is 5.24. The van der Waals surface area contributed by atoms with E-state index >= 15 is 0 Å². The molecule has 0 aliphatic heterocycles. The summed E-state index contributed by atoms with van der Waals surface area (Å²) < 4.78 is 18.8. The van der Waals surface area contributed by atoms with E-state index in [-0.39, 0.29) is 23.3 Å². The van der Waals surface area contributed by atoms with Crippen molar-refractivity contribution in [3.05, 3.63) is 29.6 Å². The highest BCUT2D eigenvalue weighted by Crippen LogP contribution is 2.23. The maximum Gasteiger partial charge on any atom is 0.258 e. The van der Waals surface area contributed by atoms with Crippen molar-refractivity contribution in [2.75, 3.05) is 13.7 Å². The highest BCUT2D eigenvalue weighted by molar-refractivity contribution is 5.97. The van der Waals surface area contributed by atoms with Gasteiger partial charge in [0, 0.05) is 12.6 Å². The van der Waals surface area contributed by atoms with Crippen LogP contribution in [-0.2, 0) is 0 Å². The third-order valence-corrected chi connectivity index (χ3v) is 3.92. The summed E-state index contributed by atoms with van der Waals surface area (Å²) in [6.07, 6.45) is 4.28. The molecule has 2 atom stereocenters. The van der Waals surface area contributed by atoms with E-state index in [1.165, 1.54) is 19.2 Å². The van der Waals surface area contributed by atoms with Crippen LogP contribution in [0.3, 0.4) is 0 Å². The Labute approximate surface area is 118 Å². The van der Waals surface area contributed by atoms with Crippen LogP contribution < -0.4 is 15.8 Å². The minimum absolute atomic E-state index is 0.0422. The van der Waals surface area contributed by atoms with Gasteiger partial charge in [-0.05, 0) is 30.9 Å². The maximum absolute atomic E-state index is 13.8. The number of hydrogen-bond donors (Lipinski definition) is 2. The molecule has 1 aliphatic rings. The number of ether oxygens (including phenoxy) is 1. The van der Waals surface area contributed by atoms with Crippen LogP contribution in [0.25, 0.3) is 0 Å². The largest absolute Gasteiger partial charge is 0.496 e. The van der Waals surface area contributed by atoms with Gasteiger partial charge in [-0.15, -0.1) is 0 Å². The topological polar surface area (TPSA) is 64.3 Å². The lowest BCUT2D eigenvalue weighted by Gasteiger charge is -2.28. The molecule has 1 saturated carbocycles. The average Bonchev–Trinajstić information content (AvgIpc) is 2.45. The van der Waals surface area contributed by atoms with Gasteiger partial charge in [-0.25, -0.2) is 4.39 Å². The Morgan fingerprint density at radius 1 is 1.45 bits per heavy atom. The van der Waals surface area contributed by atoms with E-state index in [2.05, 4.69) is 5.32 Å². The Kier molecular flexibility index (Phi) is 4.95. The summed E-state index contributed by atoms with van der Waals surface area (Å²) >= 11 is 0. The van der Waals surface area contributed by atoms with Gasteiger partial charge in [-0.3, -0.25) is 4.79 Å². The van der Waals surface area contributed by atoms with Gasteiger partial charge in [0.2, 0.25) is 0 Å². The zero-order chi connectivity index (χ0) is 14.5. The molecule has 20 heavy (non-hydrogen) atoms. The van der Waals surface area contributed by atoms with Gasteiger partial charge < -0.3 is 15.8 Å². The predicted molar refractivity (Wildman–Crippen MR) is 75.2 cm³/mol. The van der Waals surface area contributed by atoms with Gasteiger partial charge in [-0.1, -0.05) is 18.9 Å². The number of hydrogen-bond acceptors (Lipinski definition) is 3. The molecule has 5 heteroatoms. The van der Waals surface area contributed by atoms with Gasteiger partial charge in [0.1, 0.15) is 17.1 Å². The van der Waals surface area contributed by atoms with Gasteiger partial charge in [0.25, 0.3) is 5.91 Å². The molecule has 1 fully saturated rings. The lowest BCUT2D eigenvalue weighted by molar-refractivity contribution is 0.0934. The molecule has 1 aromatic rings. The second kappa shape index (κ2) is 6.70. The summed E-state index contributed by atoms with van der Waals surface area (Å²) in [5, 5.41) is 2.78. The molecule has 0 aromatic heterocycles. The van der Waals surface area contributed by atoms with E-state index in [1.807, 2.05) is 0 Å². The molecule has 2 rings (SSSR count). The van der Waals surface area contributed by atoms with Crippen LogP contribution >= 0.6 is 0 Å². The minimum Gasteiger partial charge on any atom is -0.496 e. The zero-order valence-corrected chi connectivity index (χ0v) is 11.7. The smallest absolute Gasteiger partial charge is 0.258 e. The molecule has 4 nitrogen and oxygen atoms in total. The molecule has 1 aromatic carbocycles. The van der Waals surface area contributed by atoms with Crippen LogP contribution in [0.4, 0.5) is 4.39 Å². The number of nitrogens with one attached hydrogen (secondary N) is 1. The summed E-state index contributed by atoms with van der Waals surface area (Å²) in [6.45, 7) is 0.484. The second-order valence-corrected chi connectivity index (χ2v) is 5.24. The highest BCUT2D eigenvalue weighted by Gasteiger charge is 2.24. The standard InChI is InChI=1S/C15H21FN2O2/c1-20-13-8-4-6-11(16)14(13)15(19)18-9-10-5-2-3-7-12(10)17/h4,6,8,10,12H,2-3,5,7,9,17H2,1H3,(H,18,19). The number of carbonyl (C=O) groups excluding carboxylic acids is 1. The third kappa shape index (κ3) is 3.28. The van der Waals surface area contributed by atoms with E-state index < -0.39 is 11.7 Å². The summed E-state index contributed by atoms with van der Waals surface area (Å²) in [6, 6.07) is 4.46. The number of rotatable bonds is 4. The fourth-order valence-electron chi connectivity index (χ4n) is 2.70. The average molecular weight is 280 g/mol. The highest BCUT2D eigenvalue weighted by atomic mass is 19.1. The van der Waals surface area contributed by atoms with Crippen LogP contribution in [0.1, 0.15) is 36.0 Å². The van der Waals surface area contributed by atoms with E-state index in [9.17, 15) is 9.18 Å². The number of halogens is 1. The predicted octanol–water partition coefficient (Wildman–Crippen LogP) is 2.08. The Morgan fingerprint density at radius 3 is 2.90 bits per heavy atom. The first kappa shape index (κ1) is 14.8. The minimum atomic E-state index is -0.574. The number of amides is 1. The van der Waals surface area contributed by atoms with Gasteiger partial charge >= 0.3 is 0 Å². The number of methoxy groups -OCH3 is 1. The Hall–Kier alpha value is -1.62. The quantitative estimate of drug-likeness (QED) is 0.887. The zero-order valence-electron chi connectivity index (χ0n) is 11.7. The summed E-state index contributed by atoms with van der Waals surface area (Å²) in [7, 11) is 1.42. The molecule has 110 valence electrons.